The number of esters is 1. The van der Waals surface area contributed by atoms with Crippen molar-refractivity contribution in [2.24, 2.45) is 5.92 Å². The van der Waals surface area contributed by atoms with E-state index in [-0.39, 0.29) is 42.0 Å². The SMILES string of the molecule is Cc1cccc(C)c1C1CCN(Cc2c(C(=O)N3CCN(CC4CCCCC4)CC3)n(OC(=O)C(F)(F)F)c3cccc(OC(=O)C(F)(F)F)c23)CC1. The van der Waals surface area contributed by atoms with Crippen LogP contribution in [0.25, 0.3) is 10.9 Å². The first-order valence-electron chi connectivity index (χ1n) is 18.2. The van der Waals surface area contributed by atoms with E-state index in [2.05, 4.69) is 4.90 Å². The summed E-state index contributed by atoms with van der Waals surface area (Å²) in [7, 11) is 0. The zero-order valence-corrected chi connectivity index (χ0v) is 29.8. The van der Waals surface area contributed by atoms with E-state index in [9.17, 15) is 40.7 Å². The number of carbonyl (C=O) groups is 3. The van der Waals surface area contributed by atoms with Crippen molar-refractivity contribution in [3.63, 3.8) is 0 Å². The summed E-state index contributed by atoms with van der Waals surface area (Å²) >= 11 is 0. The molecule has 0 radical (unpaired) electrons. The number of piperazine rings is 1. The summed E-state index contributed by atoms with van der Waals surface area (Å²) in [5.41, 5.74) is 2.78. The molecule has 1 aromatic heterocycles. The minimum atomic E-state index is -5.46. The van der Waals surface area contributed by atoms with E-state index in [0.717, 1.165) is 42.6 Å². The molecule has 0 bridgehead atoms. The maximum Gasteiger partial charge on any atom is 0.493 e. The molecule has 6 rings (SSSR count). The van der Waals surface area contributed by atoms with E-state index < -0.39 is 41.6 Å². The van der Waals surface area contributed by atoms with Gasteiger partial charge in [0.05, 0.1) is 10.9 Å². The van der Waals surface area contributed by atoms with Crippen molar-refractivity contribution in [1.29, 1.82) is 0 Å². The Labute approximate surface area is 303 Å². The molecule has 0 N–H and O–H groups in total. The molecular weight excluding hydrogens is 706 g/mol. The summed E-state index contributed by atoms with van der Waals surface area (Å²) in [6.45, 7) is 7.34. The molecule has 3 aromatic rings. The third-order valence-corrected chi connectivity index (χ3v) is 10.9. The van der Waals surface area contributed by atoms with E-state index in [0.29, 0.717) is 49.7 Å². The summed E-state index contributed by atoms with van der Waals surface area (Å²) < 4.78 is 86.5. The number of benzene rings is 2. The van der Waals surface area contributed by atoms with Gasteiger partial charge >= 0.3 is 24.3 Å². The lowest BCUT2D eigenvalue weighted by molar-refractivity contribution is -0.199. The van der Waals surface area contributed by atoms with Gasteiger partial charge in [-0.15, -0.1) is 0 Å². The van der Waals surface area contributed by atoms with Crippen LogP contribution >= 0.6 is 0 Å². The Kier molecular flexibility index (Phi) is 11.4. The van der Waals surface area contributed by atoms with Crippen molar-refractivity contribution in [1.82, 2.24) is 19.4 Å². The van der Waals surface area contributed by atoms with E-state index in [4.69, 9.17) is 9.57 Å². The normalized spacial score (nSPS) is 18.8. The highest BCUT2D eigenvalue weighted by Gasteiger charge is 2.45. The van der Waals surface area contributed by atoms with Gasteiger partial charge in [0, 0.05) is 44.8 Å². The zero-order chi connectivity index (χ0) is 38.1. The molecule has 3 fully saturated rings. The fourth-order valence-corrected chi connectivity index (χ4v) is 8.29. The zero-order valence-electron chi connectivity index (χ0n) is 29.8. The lowest BCUT2D eigenvalue weighted by atomic mass is 9.84. The maximum atomic E-state index is 14.5. The number of likely N-dealkylation sites (tertiary alicyclic amines) is 1. The highest BCUT2D eigenvalue weighted by atomic mass is 19.4. The summed E-state index contributed by atoms with van der Waals surface area (Å²) in [4.78, 5) is 49.5. The Balaban J connectivity index is 1.37. The number of amides is 1. The number of carbonyl (C=O) groups excluding carboxylic acids is 3. The minimum Gasteiger partial charge on any atom is -0.419 e. The van der Waals surface area contributed by atoms with E-state index in [1.807, 2.05) is 36.9 Å². The molecule has 9 nitrogen and oxygen atoms in total. The van der Waals surface area contributed by atoms with Gasteiger partial charge in [-0.05, 0) is 93.3 Å². The lowest BCUT2D eigenvalue weighted by Gasteiger charge is -2.37. The first-order valence-corrected chi connectivity index (χ1v) is 18.2. The molecule has 3 heterocycles. The predicted molar refractivity (Wildman–Crippen MR) is 183 cm³/mol. The molecule has 288 valence electrons. The second kappa shape index (κ2) is 15.7. The molecule has 1 amide bonds. The van der Waals surface area contributed by atoms with Crippen molar-refractivity contribution in [3.05, 3.63) is 64.3 Å². The third kappa shape index (κ3) is 8.66. The number of fused-ring (bicyclic) bond motifs is 1. The van der Waals surface area contributed by atoms with Gasteiger partial charge in [-0.1, -0.05) is 43.5 Å². The quantitative estimate of drug-likeness (QED) is 0.140. The van der Waals surface area contributed by atoms with E-state index in [1.165, 1.54) is 35.8 Å². The van der Waals surface area contributed by atoms with Crippen molar-refractivity contribution >= 4 is 28.7 Å². The molecule has 0 atom stereocenters. The van der Waals surface area contributed by atoms with Crippen molar-refractivity contribution < 1.29 is 50.3 Å². The van der Waals surface area contributed by atoms with Gasteiger partial charge in [-0.3, -0.25) is 14.6 Å². The summed E-state index contributed by atoms with van der Waals surface area (Å²) in [5, 5.41) is -0.226. The molecular formula is C38H44F6N4O5. The Morgan fingerprint density at radius 2 is 1.34 bits per heavy atom. The number of halogens is 6. The Morgan fingerprint density at radius 3 is 1.94 bits per heavy atom. The largest absolute Gasteiger partial charge is 0.493 e. The number of nitrogens with zero attached hydrogens (tertiary/aromatic N) is 4. The van der Waals surface area contributed by atoms with Crippen LogP contribution in [0, 0.1) is 19.8 Å². The Bertz CT molecular complexity index is 1800. The average Bonchev–Trinajstić information content (AvgIpc) is 3.41. The number of rotatable bonds is 8. The minimum absolute atomic E-state index is 0.000654. The van der Waals surface area contributed by atoms with Crippen LogP contribution in [0.1, 0.15) is 83.6 Å². The van der Waals surface area contributed by atoms with Gasteiger partial charge in [-0.25, -0.2) is 9.59 Å². The smallest absolute Gasteiger partial charge is 0.419 e. The van der Waals surface area contributed by atoms with Gasteiger partial charge in [0.2, 0.25) is 0 Å². The van der Waals surface area contributed by atoms with Crippen LogP contribution in [0.2, 0.25) is 0 Å². The first-order chi connectivity index (χ1) is 25.1. The van der Waals surface area contributed by atoms with Crippen LogP contribution in [-0.4, -0.2) is 95.4 Å². The third-order valence-electron chi connectivity index (χ3n) is 10.9. The van der Waals surface area contributed by atoms with Crippen LogP contribution in [0.15, 0.2) is 36.4 Å². The van der Waals surface area contributed by atoms with Gasteiger partial charge in [0.1, 0.15) is 5.75 Å². The molecule has 53 heavy (non-hydrogen) atoms. The number of aromatic nitrogens is 1. The monoisotopic (exact) mass is 750 g/mol. The van der Waals surface area contributed by atoms with Crippen LogP contribution in [0.3, 0.4) is 0 Å². The summed E-state index contributed by atoms with van der Waals surface area (Å²) in [6.07, 6.45) is -3.60. The molecule has 15 heteroatoms. The number of hydrogen-bond acceptors (Lipinski definition) is 7. The molecule has 1 aliphatic carbocycles. The fraction of sp³-hybridized carbons (Fsp3) is 0.553. The molecule has 3 aliphatic rings. The van der Waals surface area contributed by atoms with E-state index >= 15 is 0 Å². The molecule has 2 aliphatic heterocycles. The average molecular weight is 751 g/mol. The fourth-order valence-electron chi connectivity index (χ4n) is 8.29. The molecule has 1 saturated carbocycles. The standard InChI is InChI=1S/C38H44F6N4O5/c1-24-8-6-9-25(2)31(24)27-14-16-45(17-15-27)23-28-32-29(12-7-13-30(32)52-35(50)37(39,40)41)48(53-36(51)38(42,43)44)33(28)34(49)47-20-18-46(19-21-47)22-26-10-4-3-5-11-26/h6-9,12-13,26-27H,3-5,10-11,14-23H2,1-2H3. The summed E-state index contributed by atoms with van der Waals surface area (Å²) in [5.74, 6) is -5.78. The highest BCUT2D eigenvalue weighted by molar-refractivity contribution is 6.04. The maximum absolute atomic E-state index is 14.5. The van der Waals surface area contributed by atoms with Gasteiger partial charge < -0.3 is 14.5 Å². The van der Waals surface area contributed by atoms with Crippen LogP contribution in [0.5, 0.6) is 5.75 Å². The van der Waals surface area contributed by atoms with Crippen LogP contribution < -0.4 is 9.57 Å². The van der Waals surface area contributed by atoms with Gasteiger partial charge in [0.15, 0.2) is 5.69 Å². The highest BCUT2D eigenvalue weighted by Crippen LogP contribution is 2.39. The molecule has 2 aromatic carbocycles. The lowest BCUT2D eigenvalue weighted by Crippen LogP contribution is -2.50. The first kappa shape index (κ1) is 38.6. The number of piperidine rings is 1. The van der Waals surface area contributed by atoms with Crippen molar-refractivity contribution in [3.8, 4) is 5.75 Å². The van der Waals surface area contributed by atoms with Gasteiger partial charge in [-0.2, -0.15) is 31.1 Å². The van der Waals surface area contributed by atoms with Gasteiger partial charge in [0.25, 0.3) is 5.91 Å². The second-order valence-corrected chi connectivity index (χ2v) is 14.5. The van der Waals surface area contributed by atoms with E-state index in [1.54, 1.807) is 0 Å². The molecule has 0 unspecified atom stereocenters. The predicted octanol–water partition coefficient (Wildman–Crippen LogP) is 6.96. The Morgan fingerprint density at radius 1 is 0.736 bits per heavy atom. The number of alkyl halides is 6. The Hall–Kier alpha value is -4.11. The topological polar surface area (TPSA) is 84.3 Å². The molecule has 2 saturated heterocycles. The number of aryl methyl sites for hydroxylation is 2. The number of hydrogen-bond donors (Lipinski definition) is 0. The van der Waals surface area contributed by atoms with Crippen molar-refractivity contribution in [2.75, 3.05) is 45.8 Å². The van der Waals surface area contributed by atoms with Crippen LogP contribution in [-0.2, 0) is 16.1 Å². The molecule has 0 spiro atoms. The number of ether oxygens (including phenoxy) is 1. The second-order valence-electron chi connectivity index (χ2n) is 14.5. The summed E-state index contributed by atoms with van der Waals surface area (Å²) in [6, 6.07) is 9.50. The van der Waals surface area contributed by atoms with Crippen LogP contribution in [0.4, 0.5) is 26.3 Å². The van der Waals surface area contributed by atoms with Crippen molar-refractivity contribution in [2.45, 2.75) is 83.6 Å².